The van der Waals surface area contributed by atoms with Crippen molar-refractivity contribution < 1.29 is 19.1 Å². The van der Waals surface area contributed by atoms with Crippen LogP contribution >= 0.6 is 0 Å². The van der Waals surface area contributed by atoms with Gasteiger partial charge in [-0.2, -0.15) is 4.80 Å². The predicted octanol–water partition coefficient (Wildman–Crippen LogP) is 2.23. The van der Waals surface area contributed by atoms with E-state index in [0.717, 1.165) is 15.9 Å². The molecule has 1 heterocycles. The highest BCUT2D eigenvalue weighted by Gasteiger charge is 2.20. The Morgan fingerprint density at radius 2 is 1.86 bits per heavy atom. The Kier molecular flexibility index (Phi) is 6.18. The number of anilines is 1. The van der Waals surface area contributed by atoms with Gasteiger partial charge >= 0.3 is 5.97 Å². The fourth-order valence-corrected chi connectivity index (χ4v) is 2.51. The van der Waals surface area contributed by atoms with E-state index >= 15 is 0 Å². The highest BCUT2D eigenvalue weighted by Crippen LogP contribution is 2.23. The van der Waals surface area contributed by atoms with Gasteiger partial charge in [0, 0.05) is 5.56 Å². The summed E-state index contributed by atoms with van der Waals surface area (Å²) in [5.41, 5.74) is 2.40. The first-order chi connectivity index (χ1) is 14.0. The number of nitrogens with zero attached hydrogens (tertiary/aromatic N) is 4. The van der Waals surface area contributed by atoms with Gasteiger partial charge < -0.3 is 14.8 Å². The van der Waals surface area contributed by atoms with Crippen molar-refractivity contribution in [1.82, 2.24) is 20.2 Å². The van der Waals surface area contributed by atoms with Gasteiger partial charge in [-0.05, 0) is 31.2 Å². The summed E-state index contributed by atoms with van der Waals surface area (Å²) < 4.78 is 10.4. The molecule has 0 spiro atoms. The quantitative estimate of drug-likeness (QED) is 0.611. The number of carbonyl (C=O) groups excluding carboxylic acids is 2. The van der Waals surface area contributed by atoms with E-state index in [9.17, 15) is 9.59 Å². The van der Waals surface area contributed by atoms with E-state index in [1.807, 2.05) is 31.2 Å². The molecule has 0 saturated carbocycles. The number of rotatable bonds is 7. The summed E-state index contributed by atoms with van der Waals surface area (Å²) in [5, 5.41) is 14.6. The summed E-state index contributed by atoms with van der Waals surface area (Å²) in [4.78, 5) is 25.6. The highest BCUT2D eigenvalue weighted by molar-refractivity contribution is 5.96. The van der Waals surface area contributed by atoms with Crippen molar-refractivity contribution in [1.29, 1.82) is 0 Å². The molecular formula is C20H21N5O4. The van der Waals surface area contributed by atoms with Crippen molar-refractivity contribution in [2.24, 2.45) is 0 Å². The number of methoxy groups -OCH3 is 1. The van der Waals surface area contributed by atoms with Crippen LogP contribution < -0.4 is 10.1 Å². The van der Waals surface area contributed by atoms with Crippen LogP contribution in [0.5, 0.6) is 5.75 Å². The average Bonchev–Trinajstić information content (AvgIpc) is 3.17. The van der Waals surface area contributed by atoms with E-state index in [1.54, 1.807) is 24.3 Å². The maximum atomic E-state index is 12.3. The SMILES string of the molecule is COc1ccccc1NC(=O)[C@H](C)OC(=O)Cn1nnc(-c2ccc(C)cc2)n1. The molecule has 3 rings (SSSR count). The number of para-hydroxylation sites is 2. The van der Waals surface area contributed by atoms with Crippen molar-refractivity contribution in [2.45, 2.75) is 26.5 Å². The molecule has 1 atom stereocenters. The number of hydrogen-bond acceptors (Lipinski definition) is 7. The minimum absolute atomic E-state index is 0.259. The number of tetrazole rings is 1. The molecule has 2 aromatic carbocycles. The third-order valence-corrected chi connectivity index (χ3v) is 4.08. The molecule has 3 aromatic rings. The monoisotopic (exact) mass is 395 g/mol. The number of carbonyl (C=O) groups is 2. The van der Waals surface area contributed by atoms with Gasteiger partial charge in [-0.15, -0.1) is 10.2 Å². The van der Waals surface area contributed by atoms with Crippen LogP contribution in [0.25, 0.3) is 11.4 Å². The minimum atomic E-state index is -1.01. The van der Waals surface area contributed by atoms with E-state index in [-0.39, 0.29) is 6.54 Å². The van der Waals surface area contributed by atoms with Crippen LogP contribution in [-0.2, 0) is 20.9 Å². The summed E-state index contributed by atoms with van der Waals surface area (Å²) >= 11 is 0. The zero-order valence-electron chi connectivity index (χ0n) is 16.3. The number of esters is 1. The van der Waals surface area contributed by atoms with Crippen LogP contribution in [0.2, 0.25) is 0 Å². The Labute approximate surface area is 167 Å². The predicted molar refractivity (Wildman–Crippen MR) is 105 cm³/mol. The molecule has 29 heavy (non-hydrogen) atoms. The summed E-state index contributed by atoms with van der Waals surface area (Å²) in [6.07, 6.45) is -1.01. The molecule has 0 radical (unpaired) electrons. The first-order valence-electron chi connectivity index (χ1n) is 8.94. The average molecular weight is 395 g/mol. The number of aromatic nitrogens is 4. The van der Waals surface area contributed by atoms with Gasteiger partial charge in [-0.3, -0.25) is 4.79 Å². The lowest BCUT2D eigenvalue weighted by molar-refractivity contribution is -0.154. The molecule has 0 fully saturated rings. The number of aryl methyl sites for hydroxylation is 1. The lowest BCUT2D eigenvalue weighted by Crippen LogP contribution is -2.31. The zero-order chi connectivity index (χ0) is 20.8. The molecule has 0 bridgehead atoms. The molecule has 9 nitrogen and oxygen atoms in total. The molecule has 1 N–H and O–H groups in total. The van der Waals surface area contributed by atoms with E-state index in [1.165, 1.54) is 14.0 Å². The Morgan fingerprint density at radius 3 is 2.59 bits per heavy atom. The van der Waals surface area contributed by atoms with Gasteiger partial charge in [-0.25, -0.2) is 4.79 Å². The van der Waals surface area contributed by atoms with Crippen LogP contribution in [0.4, 0.5) is 5.69 Å². The lowest BCUT2D eigenvalue weighted by Gasteiger charge is -2.14. The number of nitrogens with one attached hydrogen (secondary N) is 1. The largest absolute Gasteiger partial charge is 0.495 e. The van der Waals surface area contributed by atoms with Gasteiger partial charge in [0.25, 0.3) is 5.91 Å². The van der Waals surface area contributed by atoms with Crippen LogP contribution in [0.3, 0.4) is 0 Å². The van der Waals surface area contributed by atoms with Crippen LogP contribution in [0.15, 0.2) is 48.5 Å². The minimum Gasteiger partial charge on any atom is -0.495 e. The van der Waals surface area contributed by atoms with Crippen LogP contribution in [-0.4, -0.2) is 45.3 Å². The standard InChI is InChI=1S/C20H21N5O4/c1-13-8-10-15(11-9-13)19-22-24-25(23-19)12-18(26)29-14(2)20(27)21-16-6-4-5-7-17(16)28-3/h4-11,14H,12H2,1-3H3,(H,21,27)/t14-/m0/s1. The third-order valence-electron chi connectivity index (χ3n) is 4.08. The molecule has 0 aliphatic heterocycles. The fourth-order valence-electron chi connectivity index (χ4n) is 2.51. The van der Waals surface area contributed by atoms with E-state index in [0.29, 0.717) is 17.3 Å². The molecule has 1 aromatic heterocycles. The van der Waals surface area contributed by atoms with Crippen molar-refractivity contribution in [3.8, 4) is 17.1 Å². The third kappa shape index (κ3) is 5.16. The second-order valence-corrected chi connectivity index (χ2v) is 6.33. The molecule has 0 aliphatic carbocycles. The van der Waals surface area contributed by atoms with Crippen molar-refractivity contribution in [3.05, 3.63) is 54.1 Å². The van der Waals surface area contributed by atoms with E-state index < -0.39 is 18.0 Å². The van der Waals surface area contributed by atoms with Gasteiger partial charge in [0.1, 0.15) is 5.75 Å². The van der Waals surface area contributed by atoms with Gasteiger partial charge in [-0.1, -0.05) is 42.0 Å². The molecule has 1 amide bonds. The molecular weight excluding hydrogens is 374 g/mol. The fraction of sp³-hybridized carbons (Fsp3) is 0.250. The van der Waals surface area contributed by atoms with E-state index in [2.05, 4.69) is 20.7 Å². The normalized spacial score (nSPS) is 11.6. The first kappa shape index (κ1) is 20.0. The summed E-state index contributed by atoms with van der Waals surface area (Å²) in [5.74, 6) is -0.218. The molecule has 150 valence electrons. The maximum absolute atomic E-state index is 12.3. The van der Waals surface area contributed by atoms with Gasteiger partial charge in [0.2, 0.25) is 5.82 Å². The first-order valence-corrected chi connectivity index (χ1v) is 8.94. The number of amides is 1. The maximum Gasteiger partial charge on any atom is 0.330 e. The second kappa shape index (κ2) is 8.96. The Bertz CT molecular complexity index is 1000. The Balaban J connectivity index is 1.56. The number of ether oxygens (including phenoxy) is 2. The van der Waals surface area contributed by atoms with Gasteiger partial charge in [0.15, 0.2) is 12.6 Å². The summed E-state index contributed by atoms with van der Waals surface area (Å²) in [6.45, 7) is 3.20. The van der Waals surface area contributed by atoms with Gasteiger partial charge in [0.05, 0.1) is 12.8 Å². The summed E-state index contributed by atoms with van der Waals surface area (Å²) in [7, 11) is 1.50. The second-order valence-electron chi connectivity index (χ2n) is 6.33. The summed E-state index contributed by atoms with van der Waals surface area (Å²) in [6, 6.07) is 14.6. The Hall–Kier alpha value is -3.75. The van der Waals surface area contributed by atoms with Crippen molar-refractivity contribution in [3.63, 3.8) is 0 Å². The number of hydrogen-bond donors (Lipinski definition) is 1. The highest BCUT2D eigenvalue weighted by atomic mass is 16.5. The number of benzene rings is 2. The zero-order valence-corrected chi connectivity index (χ0v) is 16.3. The van der Waals surface area contributed by atoms with E-state index in [4.69, 9.17) is 9.47 Å². The van der Waals surface area contributed by atoms with Crippen LogP contribution in [0, 0.1) is 6.92 Å². The topological polar surface area (TPSA) is 108 Å². The Morgan fingerprint density at radius 1 is 1.14 bits per heavy atom. The van der Waals surface area contributed by atoms with Crippen molar-refractivity contribution in [2.75, 3.05) is 12.4 Å². The lowest BCUT2D eigenvalue weighted by atomic mass is 10.1. The molecule has 0 saturated heterocycles. The molecule has 0 aliphatic rings. The molecule has 9 heteroatoms. The van der Waals surface area contributed by atoms with Crippen molar-refractivity contribution >= 4 is 17.6 Å². The molecule has 0 unspecified atom stereocenters. The smallest absolute Gasteiger partial charge is 0.330 e. The van der Waals surface area contributed by atoms with Crippen LogP contribution in [0.1, 0.15) is 12.5 Å².